The van der Waals surface area contributed by atoms with Crippen LogP contribution >= 0.6 is 0 Å². The van der Waals surface area contributed by atoms with E-state index in [1.165, 1.54) is 17.5 Å². The summed E-state index contributed by atoms with van der Waals surface area (Å²) in [6.45, 7) is 0. The molecule has 0 bridgehead atoms. The van der Waals surface area contributed by atoms with Crippen molar-refractivity contribution in [2.75, 3.05) is 5.43 Å². The number of hydrogen-bond acceptors (Lipinski definition) is 5. The third-order valence-corrected chi connectivity index (χ3v) is 1.77. The molecule has 4 N–H and O–H groups in total. The lowest BCUT2D eigenvalue weighted by molar-refractivity contribution is 0.269. The van der Waals surface area contributed by atoms with Crippen LogP contribution in [0.4, 0.5) is 10.1 Å². The summed E-state index contributed by atoms with van der Waals surface area (Å²) in [5, 5.41) is 5.11. The fourth-order valence-electron chi connectivity index (χ4n) is 1.09. The van der Waals surface area contributed by atoms with Crippen molar-refractivity contribution >= 4 is 11.9 Å². The molecule has 2 rings (SSSR count). The highest BCUT2D eigenvalue weighted by Gasteiger charge is 2.06. The molecule has 0 fully saturated rings. The Hall–Kier alpha value is -2.24. The van der Waals surface area contributed by atoms with E-state index < -0.39 is 0 Å². The Morgan fingerprint density at radius 2 is 2.20 bits per heavy atom. The number of halogens is 1. The van der Waals surface area contributed by atoms with Crippen LogP contribution < -0.4 is 16.6 Å². The van der Waals surface area contributed by atoms with Gasteiger partial charge in [-0.2, -0.15) is 0 Å². The van der Waals surface area contributed by atoms with Gasteiger partial charge >= 0.3 is 0 Å². The lowest BCUT2D eigenvalue weighted by Gasteiger charge is -2.24. The summed E-state index contributed by atoms with van der Waals surface area (Å²) in [5.41, 5.74) is 11.2. The summed E-state index contributed by atoms with van der Waals surface area (Å²) in [7, 11) is 0. The minimum Gasteiger partial charge on any atom is -0.384 e. The average molecular weight is 207 g/mol. The van der Waals surface area contributed by atoms with Crippen LogP contribution in [-0.2, 0) is 0 Å². The maximum absolute atomic E-state index is 13.2. The van der Waals surface area contributed by atoms with E-state index in [4.69, 9.17) is 5.73 Å². The number of benzene rings is 1. The second-order valence-electron chi connectivity index (χ2n) is 2.90. The lowest BCUT2D eigenvalue weighted by Crippen LogP contribution is -2.42. The van der Waals surface area contributed by atoms with Gasteiger partial charge in [-0.1, -0.05) is 12.1 Å². The summed E-state index contributed by atoms with van der Waals surface area (Å²) in [5.74, 6) is 0.0662. The molecule has 5 nitrogen and oxygen atoms in total. The fourth-order valence-corrected chi connectivity index (χ4v) is 1.09. The molecule has 0 atom stereocenters. The van der Waals surface area contributed by atoms with Crippen LogP contribution in [0.5, 0.6) is 0 Å². The van der Waals surface area contributed by atoms with E-state index in [0.29, 0.717) is 11.5 Å². The topological polar surface area (TPSA) is 65.7 Å². The number of nitrogens with zero attached hydrogens (tertiary/aromatic N) is 2. The zero-order chi connectivity index (χ0) is 10.7. The first-order chi connectivity index (χ1) is 7.25. The zero-order valence-electron chi connectivity index (χ0n) is 7.81. The number of hydrazone groups is 1. The lowest BCUT2D eigenvalue weighted by atomic mass is 10.3. The van der Waals surface area contributed by atoms with E-state index in [-0.39, 0.29) is 5.82 Å². The molecule has 0 unspecified atom stereocenters. The molecule has 0 radical (unpaired) electrons. The highest BCUT2D eigenvalue weighted by molar-refractivity contribution is 5.72. The Balaban J connectivity index is 2.07. The minimum absolute atomic E-state index is 0.317. The highest BCUT2D eigenvalue weighted by Crippen LogP contribution is 2.13. The Bertz CT molecular complexity index is 415. The van der Waals surface area contributed by atoms with Gasteiger partial charge in [0.15, 0.2) is 0 Å². The monoisotopic (exact) mass is 207 g/mol. The Morgan fingerprint density at radius 1 is 1.40 bits per heavy atom. The van der Waals surface area contributed by atoms with Crippen molar-refractivity contribution in [1.82, 2.24) is 10.7 Å². The van der Waals surface area contributed by atoms with E-state index in [9.17, 15) is 4.39 Å². The van der Waals surface area contributed by atoms with E-state index in [0.717, 1.165) is 0 Å². The normalized spacial score (nSPS) is 14.5. The molecule has 0 spiro atoms. The van der Waals surface area contributed by atoms with Gasteiger partial charge in [0, 0.05) is 0 Å². The summed E-state index contributed by atoms with van der Waals surface area (Å²) in [6, 6.07) is 6.29. The molecule has 0 amide bonds. The van der Waals surface area contributed by atoms with Gasteiger partial charge < -0.3 is 5.73 Å². The smallest absolute Gasteiger partial charge is 0.148 e. The number of rotatable bonds is 2. The molecule has 1 aliphatic rings. The van der Waals surface area contributed by atoms with Gasteiger partial charge in [-0.25, -0.2) is 9.82 Å². The van der Waals surface area contributed by atoms with Gasteiger partial charge in [-0.05, 0) is 18.2 Å². The molecule has 0 saturated heterocycles. The van der Waals surface area contributed by atoms with Crippen LogP contribution in [0.3, 0.4) is 0 Å². The van der Waals surface area contributed by atoms with Gasteiger partial charge in [-0.15, -0.1) is 10.3 Å². The first-order valence-corrected chi connectivity index (χ1v) is 4.33. The third-order valence-electron chi connectivity index (χ3n) is 1.77. The quantitative estimate of drug-likeness (QED) is 0.669. The Morgan fingerprint density at radius 3 is 2.93 bits per heavy atom. The first-order valence-electron chi connectivity index (χ1n) is 4.33. The maximum Gasteiger partial charge on any atom is 0.148 e. The number of allylic oxidation sites excluding steroid dienone is 1. The number of para-hydroxylation sites is 1. The number of nitrogens with two attached hydrogens (primary N) is 1. The van der Waals surface area contributed by atoms with E-state index in [2.05, 4.69) is 16.0 Å². The number of hydrazine groups is 2. The molecule has 6 heteroatoms. The highest BCUT2D eigenvalue weighted by atomic mass is 19.1. The van der Waals surface area contributed by atoms with E-state index >= 15 is 0 Å². The molecule has 0 aromatic heterocycles. The zero-order valence-corrected chi connectivity index (χ0v) is 7.81. The van der Waals surface area contributed by atoms with Crippen LogP contribution in [-0.4, -0.2) is 11.4 Å². The molecule has 1 aromatic rings. The number of anilines is 1. The second kappa shape index (κ2) is 3.87. The molecule has 1 heterocycles. The Labute approximate surface area is 86.0 Å². The van der Waals surface area contributed by atoms with Gasteiger partial charge in [0.05, 0.1) is 11.9 Å². The van der Waals surface area contributed by atoms with Gasteiger partial charge in [0.25, 0.3) is 0 Å². The molecular weight excluding hydrogens is 197 g/mol. The van der Waals surface area contributed by atoms with Crippen LogP contribution in [0.15, 0.2) is 41.3 Å². The predicted octanol–water partition coefficient (Wildman–Crippen LogP) is 0.759. The second-order valence-corrected chi connectivity index (χ2v) is 2.90. The van der Waals surface area contributed by atoms with Crippen LogP contribution in [0.2, 0.25) is 0 Å². The van der Waals surface area contributed by atoms with Gasteiger partial charge in [0.2, 0.25) is 0 Å². The van der Waals surface area contributed by atoms with Crippen molar-refractivity contribution in [2.24, 2.45) is 10.8 Å². The number of nitrogens with one attached hydrogen (secondary N) is 2. The molecule has 78 valence electrons. The molecule has 0 aliphatic carbocycles. The predicted molar refractivity (Wildman–Crippen MR) is 55.8 cm³/mol. The van der Waals surface area contributed by atoms with Gasteiger partial charge in [-0.3, -0.25) is 5.43 Å². The van der Waals surface area contributed by atoms with Crippen molar-refractivity contribution in [3.63, 3.8) is 0 Å². The van der Waals surface area contributed by atoms with Crippen molar-refractivity contribution in [3.8, 4) is 0 Å². The van der Waals surface area contributed by atoms with Crippen molar-refractivity contribution < 1.29 is 4.39 Å². The average Bonchev–Trinajstić information content (AvgIpc) is 2.22. The summed E-state index contributed by atoms with van der Waals surface area (Å²) < 4.78 is 13.2. The number of hydrogen-bond donors (Lipinski definition) is 3. The van der Waals surface area contributed by atoms with Crippen molar-refractivity contribution in [2.45, 2.75) is 0 Å². The molecule has 1 aromatic carbocycles. The SMILES string of the molecule is NC1=CC=NN(Nc2ccccc2F)N1. The summed E-state index contributed by atoms with van der Waals surface area (Å²) in [6.07, 6.45) is 3.10. The Kier molecular flexibility index (Phi) is 2.40. The van der Waals surface area contributed by atoms with Crippen LogP contribution in [0, 0.1) is 5.82 Å². The summed E-state index contributed by atoms with van der Waals surface area (Å²) >= 11 is 0. The molecule has 0 saturated carbocycles. The summed E-state index contributed by atoms with van der Waals surface area (Å²) in [4.78, 5) is 0. The minimum atomic E-state index is -0.359. The molecular formula is C9H10FN5. The third kappa shape index (κ3) is 2.16. The van der Waals surface area contributed by atoms with Crippen molar-refractivity contribution in [3.05, 3.63) is 42.0 Å². The van der Waals surface area contributed by atoms with Crippen LogP contribution in [0.25, 0.3) is 0 Å². The van der Waals surface area contributed by atoms with Gasteiger partial charge in [0.1, 0.15) is 11.6 Å². The fraction of sp³-hybridized carbons (Fsp3) is 0. The van der Waals surface area contributed by atoms with Crippen molar-refractivity contribution in [1.29, 1.82) is 0 Å². The molecule has 15 heavy (non-hydrogen) atoms. The maximum atomic E-state index is 13.2. The standard InChI is InChI=1S/C9H10FN5/c10-7-3-1-2-4-8(7)13-15-12-6-5-9(11)14-15/h1-6,13-14H,11H2. The van der Waals surface area contributed by atoms with E-state index in [1.54, 1.807) is 24.3 Å². The first kappa shape index (κ1) is 9.32. The molecule has 1 aliphatic heterocycles. The van der Waals surface area contributed by atoms with E-state index in [1.807, 2.05) is 0 Å². The largest absolute Gasteiger partial charge is 0.384 e. The van der Waals surface area contributed by atoms with Crippen LogP contribution in [0.1, 0.15) is 0 Å².